The predicted molar refractivity (Wildman–Crippen MR) is 89.9 cm³/mol. The molecule has 1 heterocycles. The summed E-state index contributed by atoms with van der Waals surface area (Å²) in [5, 5.41) is 12.6. The summed E-state index contributed by atoms with van der Waals surface area (Å²) in [6.07, 6.45) is 0.666. The second kappa shape index (κ2) is 5.89. The lowest BCUT2D eigenvalue weighted by atomic mass is 10.0. The first kappa shape index (κ1) is 14.7. The van der Waals surface area contributed by atoms with E-state index >= 15 is 0 Å². The molecule has 1 aromatic heterocycles. The zero-order valence-electron chi connectivity index (χ0n) is 12.5. The van der Waals surface area contributed by atoms with E-state index in [1.807, 2.05) is 32.0 Å². The summed E-state index contributed by atoms with van der Waals surface area (Å²) in [6.45, 7) is 3.95. The van der Waals surface area contributed by atoms with E-state index in [0.717, 1.165) is 5.01 Å². The van der Waals surface area contributed by atoms with Crippen LogP contribution in [0.3, 0.4) is 0 Å². The van der Waals surface area contributed by atoms with Crippen molar-refractivity contribution >= 4 is 28.1 Å². The minimum Gasteiger partial charge on any atom is -0.477 e. The quantitative estimate of drug-likeness (QED) is 0.759. The standard InChI is InChI=1S/C18H17NO2S/c1-11(2)16-17(18(20)21)22-15(19-16)10-13-8-5-7-12-6-3-4-9-14(12)13/h3-9,11H,10H2,1-2H3,(H,20,21). The zero-order chi connectivity index (χ0) is 15.7. The van der Waals surface area contributed by atoms with Crippen LogP contribution in [0.1, 0.15) is 45.7 Å². The molecule has 3 aromatic rings. The topological polar surface area (TPSA) is 50.2 Å². The minimum absolute atomic E-state index is 0.114. The third-order valence-corrected chi connectivity index (χ3v) is 4.72. The van der Waals surface area contributed by atoms with Crippen LogP contribution in [0, 0.1) is 0 Å². The van der Waals surface area contributed by atoms with Gasteiger partial charge in [0.1, 0.15) is 4.88 Å². The van der Waals surface area contributed by atoms with E-state index in [-0.39, 0.29) is 5.92 Å². The summed E-state index contributed by atoms with van der Waals surface area (Å²) in [4.78, 5) is 16.3. The lowest BCUT2D eigenvalue weighted by molar-refractivity contribution is 0.0700. The summed E-state index contributed by atoms with van der Waals surface area (Å²) < 4.78 is 0. The Bertz CT molecular complexity index is 831. The van der Waals surface area contributed by atoms with Crippen LogP contribution in [-0.2, 0) is 6.42 Å². The molecule has 3 nitrogen and oxygen atoms in total. The van der Waals surface area contributed by atoms with Crippen molar-refractivity contribution in [2.24, 2.45) is 0 Å². The van der Waals surface area contributed by atoms with Gasteiger partial charge in [0.25, 0.3) is 0 Å². The molecule has 1 N–H and O–H groups in total. The summed E-state index contributed by atoms with van der Waals surface area (Å²) >= 11 is 1.29. The number of benzene rings is 2. The second-order valence-corrected chi connectivity index (χ2v) is 6.68. The van der Waals surface area contributed by atoms with Crippen LogP contribution < -0.4 is 0 Å². The summed E-state index contributed by atoms with van der Waals surface area (Å²) in [7, 11) is 0. The Kier molecular flexibility index (Phi) is 3.94. The van der Waals surface area contributed by atoms with Crippen LogP contribution in [0.25, 0.3) is 10.8 Å². The molecule has 112 valence electrons. The smallest absolute Gasteiger partial charge is 0.347 e. The molecule has 0 aliphatic rings. The normalized spacial score (nSPS) is 11.2. The lowest BCUT2D eigenvalue weighted by Crippen LogP contribution is -2.00. The van der Waals surface area contributed by atoms with Crippen LogP contribution in [0.2, 0.25) is 0 Å². The first-order valence-corrected chi connectivity index (χ1v) is 8.07. The van der Waals surface area contributed by atoms with Gasteiger partial charge in [0.15, 0.2) is 0 Å². The van der Waals surface area contributed by atoms with Gasteiger partial charge in [-0.05, 0) is 22.3 Å². The zero-order valence-corrected chi connectivity index (χ0v) is 13.4. The van der Waals surface area contributed by atoms with E-state index in [1.54, 1.807) is 0 Å². The maximum Gasteiger partial charge on any atom is 0.347 e. The molecule has 0 radical (unpaired) electrons. The maximum atomic E-state index is 11.4. The fourth-order valence-electron chi connectivity index (χ4n) is 2.61. The van der Waals surface area contributed by atoms with Crippen molar-refractivity contribution in [2.75, 3.05) is 0 Å². The van der Waals surface area contributed by atoms with Gasteiger partial charge in [-0.3, -0.25) is 0 Å². The van der Waals surface area contributed by atoms with Crippen molar-refractivity contribution in [1.82, 2.24) is 4.98 Å². The van der Waals surface area contributed by atoms with Gasteiger partial charge in [-0.1, -0.05) is 56.3 Å². The van der Waals surface area contributed by atoms with Crippen LogP contribution >= 0.6 is 11.3 Å². The van der Waals surface area contributed by atoms with Crippen LogP contribution in [0.5, 0.6) is 0 Å². The molecule has 0 spiro atoms. The number of aromatic nitrogens is 1. The van der Waals surface area contributed by atoms with E-state index in [9.17, 15) is 9.90 Å². The van der Waals surface area contributed by atoms with Crippen LogP contribution in [0.4, 0.5) is 0 Å². The monoisotopic (exact) mass is 311 g/mol. The van der Waals surface area contributed by atoms with Crippen LogP contribution in [-0.4, -0.2) is 16.1 Å². The summed E-state index contributed by atoms with van der Waals surface area (Å²) in [6, 6.07) is 14.4. The average molecular weight is 311 g/mol. The summed E-state index contributed by atoms with van der Waals surface area (Å²) in [5.74, 6) is -0.769. The number of carboxylic acid groups (broad SMARTS) is 1. The number of fused-ring (bicyclic) bond motifs is 1. The van der Waals surface area contributed by atoms with Gasteiger partial charge in [-0.2, -0.15) is 0 Å². The Balaban J connectivity index is 2.02. The number of thiazole rings is 1. The van der Waals surface area contributed by atoms with Gasteiger partial charge >= 0.3 is 5.97 Å². The average Bonchev–Trinajstić information content (AvgIpc) is 2.92. The van der Waals surface area contributed by atoms with Crippen molar-refractivity contribution in [1.29, 1.82) is 0 Å². The molecule has 0 atom stereocenters. The number of carboxylic acids is 1. The molecule has 0 saturated carbocycles. The Labute approximate surface area is 133 Å². The van der Waals surface area contributed by atoms with Gasteiger partial charge in [0, 0.05) is 6.42 Å². The number of carbonyl (C=O) groups is 1. The maximum absolute atomic E-state index is 11.4. The van der Waals surface area contributed by atoms with Gasteiger partial charge < -0.3 is 5.11 Å². The molecule has 22 heavy (non-hydrogen) atoms. The first-order chi connectivity index (χ1) is 10.6. The van der Waals surface area contributed by atoms with Gasteiger partial charge in [-0.25, -0.2) is 9.78 Å². The Hall–Kier alpha value is -2.20. The number of hydrogen-bond acceptors (Lipinski definition) is 3. The van der Waals surface area contributed by atoms with E-state index in [2.05, 4.69) is 29.2 Å². The molecule has 3 rings (SSSR count). The molecule has 0 amide bonds. The van der Waals surface area contributed by atoms with Crippen molar-refractivity contribution in [2.45, 2.75) is 26.2 Å². The van der Waals surface area contributed by atoms with Gasteiger partial charge in [0.05, 0.1) is 10.7 Å². The molecule has 4 heteroatoms. The fraction of sp³-hybridized carbons (Fsp3) is 0.222. The third-order valence-electron chi connectivity index (χ3n) is 3.66. The largest absolute Gasteiger partial charge is 0.477 e. The second-order valence-electron chi connectivity index (χ2n) is 5.60. The molecule has 0 aliphatic carbocycles. The molecule has 2 aromatic carbocycles. The SMILES string of the molecule is CC(C)c1nc(Cc2cccc3ccccc23)sc1C(=O)O. The van der Waals surface area contributed by atoms with Crippen molar-refractivity contribution in [3.63, 3.8) is 0 Å². The molecular weight excluding hydrogens is 294 g/mol. The van der Waals surface area contributed by atoms with Crippen molar-refractivity contribution in [3.8, 4) is 0 Å². The van der Waals surface area contributed by atoms with E-state index in [1.165, 1.54) is 27.7 Å². The Morgan fingerprint density at radius 1 is 1.18 bits per heavy atom. The number of aromatic carboxylic acids is 1. The number of rotatable bonds is 4. The predicted octanol–water partition coefficient (Wildman–Crippen LogP) is 4.71. The third kappa shape index (κ3) is 2.74. The highest BCUT2D eigenvalue weighted by atomic mass is 32.1. The van der Waals surface area contributed by atoms with Crippen molar-refractivity contribution < 1.29 is 9.90 Å². The number of hydrogen-bond donors (Lipinski definition) is 1. The van der Waals surface area contributed by atoms with Gasteiger partial charge in [-0.15, -0.1) is 11.3 Å². The highest BCUT2D eigenvalue weighted by Gasteiger charge is 2.19. The van der Waals surface area contributed by atoms with E-state index < -0.39 is 5.97 Å². The Morgan fingerprint density at radius 2 is 1.91 bits per heavy atom. The minimum atomic E-state index is -0.884. The summed E-state index contributed by atoms with van der Waals surface area (Å²) in [5.41, 5.74) is 1.87. The molecule has 0 bridgehead atoms. The Morgan fingerprint density at radius 3 is 2.59 bits per heavy atom. The van der Waals surface area contributed by atoms with E-state index in [4.69, 9.17) is 0 Å². The first-order valence-electron chi connectivity index (χ1n) is 7.26. The molecule has 0 fully saturated rings. The number of nitrogens with zero attached hydrogens (tertiary/aromatic N) is 1. The van der Waals surface area contributed by atoms with Crippen molar-refractivity contribution in [3.05, 3.63) is 63.6 Å². The highest BCUT2D eigenvalue weighted by Crippen LogP contribution is 2.28. The van der Waals surface area contributed by atoms with Gasteiger partial charge in [0.2, 0.25) is 0 Å². The molecule has 0 unspecified atom stereocenters. The lowest BCUT2D eigenvalue weighted by Gasteiger charge is -2.04. The van der Waals surface area contributed by atoms with E-state index in [0.29, 0.717) is 17.0 Å². The molecular formula is C18H17NO2S. The molecule has 0 aliphatic heterocycles. The fourth-order valence-corrected chi connectivity index (χ4v) is 3.69. The van der Waals surface area contributed by atoms with Crippen LogP contribution in [0.15, 0.2) is 42.5 Å². The highest BCUT2D eigenvalue weighted by molar-refractivity contribution is 7.13. The molecule has 0 saturated heterocycles.